The van der Waals surface area contributed by atoms with Crippen LogP contribution in [0.3, 0.4) is 0 Å². The minimum atomic E-state index is -0.226. The molecule has 0 aromatic carbocycles. The number of ether oxygens (including phenoxy) is 2. The second-order valence-electron chi connectivity index (χ2n) is 5.06. The predicted octanol–water partition coefficient (Wildman–Crippen LogP) is 4.01. The second-order valence-corrected chi connectivity index (χ2v) is 5.06. The van der Waals surface area contributed by atoms with Crippen LogP contribution in [0.25, 0.3) is 0 Å². The first kappa shape index (κ1) is 18.9. The molecule has 0 rings (SSSR count). The molecule has 0 aromatic rings. The molecule has 4 nitrogen and oxygen atoms in total. The van der Waals surface area contributed by atoms with E-state index in [9.17, 15) is 9.59 Å². The lowest BCUT2D eigenvalue weighted by molar-refractivity contribution is -0.145. The topological polar surface area (TPSA) is 52.6 Å². The highest BCUT2D eigenvalue weighted by Gasteiger charge is 2.06. The van der Waals surface area contributed by atoms with Crippen molar-refractivity contribution in [3.63, 3.8) is 0 Å². The summed E-state index contributed by atoms with van der Waals surface area (Å²) in [6.07, 6.45) is 9.01. The zero-order valence-electron chi connectivity index (χ0n) is 13.1. The summed E-state index contributed by atoms with van der Waals surface area (Å²) in [4.78, 5) is 22.6. The molecule has 20 heavy (non-hydrogen) atoms. The van der Waals surface area contributed by atoms with E-state index in [1.165, 1.54) is 25.7 Å². The molecule has 0 amide bonds. The Morgan fingerprint density at radius 1 is 0.650 bits per heavy atom. The van der Waals surface area contributed by atoms with Crippen LogP contribution in [0.5, 0.6) is 0 Å². The zero-order valence-corrected chi connectivity index (χ0v) is 13.1. The van der Waals surface area contributed by atoms with Gasteiger partial charge in [-0.1, -0.05) is 46.0 Å². The van der Waals surface area contributed by atoms with Crippen LogP contribution in [-0.4, -0.2) is 25.2 Å². The third-order valence-electron chi connectivity index (χ3n) is 2.99. The average Bonchev–Trinajstić information content (AvgIpc) is 2.44. The maximum atomic E-state index is 11.4. The molecule has 0 aliphatic rings. The fraction of sp³-hybridized carbons (Fsp3) is 0.875. The lowest BCUT2D eigenvalue weighted by atomic mass is 10.1. The van der Waals surface area contributed by atoms with Crippen LogP contribution in [0.15, 0.2) is 0 Å². The van der Waals surface area contributed by atoms with Gasteiger partial charge in [-0.15, -0.1) is 0 Å². The molecule has 0 aromatic heterocycles. The van der Waals surface area contributed by atoms with Crippen LogP contribution >= 0.6 is 0 Å². The van der Waals surface area contributed by atoms with Gasteiger partial charge in [0.05, 0.1) is 13.2 Å². The van der Waals surface area contributed by atoms with Gasteiger partial charge in [0.1, 0.15) is 0 Å². The number of carbonyl (C=O) groups is 2. The molecule has 0 radical (unpaired) electrons. The van der Waals surface area contributed by atoms with Gasteiger partial charge < -0.3 is 9.47 Å². The Labute approximate surface area is 123 Å². The van der Waals surface area contributed by atoms with Gasteiger partial charge in [-0.2, -0.15) is 0 Å². The van der Waals surface area contributed by atoms with Crippen molar-refractivity contribution < 1.29 is 19.1 Å². The molecule has 0 heterocycles. The Bertz CT molecular complexity index is 251. The average molecular weight is 286 g/mol. The quantitative estimate of drug-likeness (QED) is 0.379. The molecule has 0 saturated heterocycles. The monoisotopic (exact) mass is 286 g/mol. The molecule has 0 unspecified atom stereocenters. The third kappa shape index (κ3) is 13.4. The van der Waals surface area contributed by atoms with Crippen molar-refractivity contribution in [2.75, 3.05) is 13.2 Å². The van der Waals surface area contributed by atoms with E-state index in [1.54, 1.807) is 0 Å². The normalized spacial score (nSPS) is 10.3. The number of hydrogen-bond donors (Lipinski definition) is 0. The Hall–Kier alpha value is -1.06. The highest BCUT2D eigenvalue weighted by Crippen LogP contribution is 2.06. The summed E-state index contributed by atoms with van der Waals surface area (Å²) in [6, 6.07) is 0. The summed E-state index contributed by atoms with van der Waals surface area (Å²) in [5, 5.41) is 0. The molecule has 0 spiro atoms. The maximum absolute atomic E-state index is 11.4. The fourth-order valence-electron chi connectivity index (χ4n) is 1.81. The van der Waals surface area contributed by atoms with Crippen LogP contribution in [-0.2, 0) is 19.1 Å². The molecule has 0 saturated carbocycles. The number of unbranched alkanes of at least 4 members (excludes halogenated alkanes) is 5. The zero-order chi connectivity index (χ0) is 15.1. The number of carbonyl (C=O) groups excluding carboxylic acids is 2. The lowest BCUT2D eigenvalue weighted by Gasteiger charge is -2.05. The van der Waals surface area contributed by atoms with E-state index in [2.05, 4.69) is 6.92 Å². The molecular formula is C16H30O4. The predicted molar refractivity (Wildman–Crippen MR) is 79.4 cm³/mol. The molecule has 0 N–H and O–H groups in total. The van der Waals surface area contributed by atoms with Gasteiger partial charge in [0.25, 0.3) is 0 Å². The van der Waals surface area contributed by atoms with E-state index in [1.807, 2.05) is 6.92 Å². The van der Waals surface area contributed by atoms with Crippen molar-refractivity contribution >= 4 is 11.9 Å². The van der Waals surface area contributed by atoms with E-state index >= 15 is 0 Å². The fourth-order valence-corrected chi connectivity index (χ4v) is 1.81. The van der Waals surface area contributed by atoms with Gasteiger partial charge in [0.15, 0.2) is 0 Å². The molecule has 4 heteroatoms. The first-order valence-electron chi connectivity index (χ1n) is 8.02. The Kier molecular flexibility index (Phi) is 13.6. The molecule has 0 bridgehead atoms. The summed E-state index contributed by atoms with van der Waals surface area (Å²) >= 11 is 0. The van der Waals surface area contributed by atoms with Gasteiger partial charge >= 0.3 is 11.9 Å². The SMILES string of the molecule is CCCCCCCCOC(=O)CCCC(=O)OCCC. The van der Waals surface area contributed by atoms with E-state index < -0.39 is 0 Å². The summed E-state index contributed by atoms with van der Waals surface area (Å²) < 4.78 is 10.0. The lowest BCUT2D eigenvalue weighted by Crippen LogP contribution is -2.09. The van der Waals surface area contributed by atoms with Crippen molar-refractivity contribution in [3.05, 3.63) is 0 Å². The largest absolute Gasteiger partial charge is 0.466 e. The van der Waals surface area contributed by atoms with Crippen molar-refractivity contribution in [1.29, 1.82) is 0 Å². The number of rotatable bonds is 13. The van der Waals surface area contributed by atoms with Crippen molar-refractivity contribution in [2.24, 2.45) is 0 Å². The highest BCUT2D eigenvalue weighted by atomic mass is 16.5. The van der Waals surface area contributed by atoms with Crippen molar-refractivity contribution in [3.8, 4) is 0 Å². The van der Waals surface area contributed by atoms with Gasteiger partial charge in [0, 0.05) is 12.8 Å². The van der Waals surface area contributed by atoms with Crippen molar-refractivity contribution in [1.82, 2.24) is 0 Å². The van der Waals surface area contributed by atoms with Crippen molar-refractivity contribution in [2.45, 2.75) is 78.1 Å². The molecule has 0 aliphatic heterocycles. The van der Waals surface area contributed by atoms with Gasteiger partial charge in [-0.05, 0) is 19.3 Å². The molecular weight excluding hydrogens is 256 g/mol. The Morgan fingerprint density at radius 3 is 1.80 bits per heavy atom. The minimum absolute atomic E-state index is 0.207. The summed E-state index contributed by atoms with van der Waals surface area (Å²) in [5.74, 6) is -0.433. The molecule has 118 valence electrons. The maximum Gasteiger partial charge on any atom is 0.305 e. The summed E-state index contributed by atoms with van der Waals surface area (Å²) in [7, 11) is 0. The van der Waals surface area contributed by atoms with E-state index in [-0.39, 0.29) is 11.9 Å². The van der Waals surface area contributed by atoms with E-state index in [0.717, 1.165) is 19.3 Å². The van der Waals surface area contributed by atoms with Gasteiger partial charge in [-0.25, -0.2) is 0 Å². The Morgan fingerprint density at radius 2 is 1.20 bits per heavy atom. The van der Waals surface area contributed by atoms with Crippen LogP contribution < -0.4 is 0 Å². The number of hydrogen-bond acceptors (Lipinski definition) is 4. The highest BCUT2D eigenvalue weighted by molar-refractivity contribution is 5.72. The van der Waals surface area contributed by atoms with Crippen LogP contribution in [0.1, 0.15) is 78.1 Å². The van der Waals surface area contributed by atoms with Gasteiger partial charge in [0.2, 0.25) is 0 Å². The third-order valence-corrected chi connectivity index (χ3v) is 2.99. The molecule has 0 fully saturated rings. The minimum Gasteiger partial charge on any atom is -0.466 e. The second kappa shape index (κ2) is 14.4. The molecule has 0 atom stereocenters. The van der Waals surface area contributed by atoms with E-state index in [0.29, 0.717) is 32.5 Å². The van der Waals surface area contributed by atoms with Crippen LogP contribution in [0.2, 0.25) is 0 Å². The van der Waals surface area contributed by atoms with Crippen LogP contribution in [0, 0.1) is 0 Å². The van der Waals surface area contributed by atoms with Gasteiger partial charge in [-0.3, -0.25) is 9.59 Å². The first-order chi connectivity index (χ1) is 9.70. The smallest absolute Gasteiger partial charge is 0.305 e. The standard InChI is InChI=1S/C16H30O4/c1-3-5-6-7-8-9-14-20-16(18)12-10-11-15(17)19-13-4-2/h3-14H2,1-2H3. The molecule has 0 aliphatic carbocycles. The summed E-state index contributed by atoms with van der Waals surface area (Å²) in [6.45, 7) is 5.11. The summed E-state index contributed by atoms with van der Waals surface area (Å²) in [5.41, 5.74) is 0. The van der Waals surface area contributed by atoms with E-state index in [4.69, 9.17) is 9.47 Å². The Balaban J connectivity index is 3.30. The number of esters is 2. The first-order valence-corrected chi connectivity index (χ1v) is 8.02. The van der Waals surface area contributed by atoms with Crippen LogP contribution in [0.4, 0.5) is 0 Å².